The Labute approximate surface area is 133 Å². The molecule has 0 radical (unpaired) electrons. The van der Waals surface area contributed by atoms with E-state index in [2.05, 4.69) is 15.5 Å². The van der Waals surface area contributed by atoms with E-state index in [1.165, 1.54) is 12.1 Å². The SMILES string of the molecule is CN(C)C(C(=O)NCCc1noc(CO)n1)c1ccc(F)cc1. The number of hydrogen-bond donors (Lipinski definition) is 2. The number of rotatable bonds is 7. The summed E-state index contributed by atoms with van der Waals surface area (Å²) in [6.45, 7) is 0.0153. The second kappa shape index (κ2) is 7.80. The van der Waals surface area contributed by atoms with Crippen molar-refractivity contribution in [3.8, 4) is 0 Å². The van der Waals surface area contributed by atoms with Gasteiger partial charge >= 0.3 is 0 Å². The van der Waals surface area contributed by atoms with Crippen molar-refractivity contribution < 1.29 is 18.8 Å². The minimum absolute atomic E-state index is 0.142. The molecule has 2 N–H and O–H groups in total. The smallest absolute Gasteiger partial charge is 0.252 e. The van der Waals surface area contributed by atoms with E-state index in [9.17, 15) is 9.18 Å². The first kappa shape index (κ1) is 17.0. The summed E-state index contributed by atoms with van der Waals surface area (Å²) in [6, 6.07) is 5.32. The van der Waals surface area contributed by atoms with Gasteiger partial charge in [0.05, 0.1) is 0 Å². The molecule has 0 fully saturated rings. The monoisotopic (exact) mass is 322 g/mol. The molecule has 1 aromatic carbocycles. The summed E-state index contributed by atoms with van der Waals surface area (Å²) in [4.78, 5) is 18.1. The number of benzene rings is 1. The van der Waals surface area contributed by atoms with Crippen LogP contribution >= 0.6 is 0 Å². The lowest BCUT2D eigenvalue weighted by molar-refractivity contribution is -0.125. The predicted octanol–water partition coefficient (Wildman–Crippen LogP) is 0.663. The molecule has 0 aliphatic rings. The van der Waals surface area contributed by atoms with Crippen LogP contribution in [0.25, 0.3) is 0 Å². The number of likely N-dealkylation sites (N-methyl/N-ethyl adjacent to an activating group) is 1. The van der Waals surface area contributed by atoms with Crippen LogP contribution in [-0.2, 0) is 17.8 Å². The molecule has 0 bridgehead atoms. The number of halogens is 1. The Bertz CT molecular complexity index is 642. The highest BCUT2D eigenvalue weighted by Crippen LogP contribution is 2.18. The molecule has 1 unspecified atom stereocenters. The van der Waals surface area contributed by atoms with Crippen molar-refractivity contribution in [1.29, 1.82) is 0 Å². The maximum absolute atomic E-state index is 13.0. The third kappa shape index (κ3) is 4.57. The number of carbonyl (C=O) groups excluding carboxylic acids is 1. The van der Waals surface area contributed by atoms with Gasteiger partial charge in [-0.15, -0.1) is 0 Å². The number of amides is 1. The summed E-state index contributed by atoms with van der Waals surface area (Å²) in [5, 5.41) is 15.3. The molecule has 1 aromatic heterocycles. The summed E-state index contributed by atoms with van der Waals surface area (Å²) in [5.41, 5.74) is 0.705. The largest absolute Gasteiger partial charge is 0.387 e. The average Bonchev–Trinajstić information content (AvgIpc) is 2.97. The zero-order chi connectivity index (χ0) is 16.8. The van der Waals surface area contributed by atoms with Gasteiger partial charge in [0.15, 0.2) is 5.82 Å². The van der Waals surface area contributed by atoms with Crippen molar-refractivity contribution in [2.24, 2.45) is 0 Å². The minimum atomic E-state index is -0.520. The Hall–Kier alpha value is -2.32. The molecule has 1 atom stereocenters. The van der Waals surface area contributed by atoms with Crippen LogP contribution in [0.3, 0.4) is 0 Å². The molecular formula is C15H19FN4O3. The maximum atomic E-state index is 13.0. The number of aliphatic hydroxyl groups is 1. The lowest BCUT2D eigenvalue weighted by Gasteiger charge is -2.23. The molecule has 1 heterocycles. The van der Waals surface area contributed by atoms with Crippen molar-refractivity contribution in [3.63, 3.8) is 0 Å². The Kier molecular flexibility index (Phi) is 5.78. The molecule has 8 heteroatoms. The zero-order valence-electron chi connectivity index (χ0n) is 13.0. The van der Waals surface area contributed by atoms with E-state index in [1.807, 2.05) is 0 Å². The van der Waals surface area contributed by atoms with Crippen molar-refractivity contribution in [2.75, 3.05) is 20.6 Å². The number of nitrogens with one attached hydrogen (secondary N) is 1. The van der Waals surface area contributed by atoms with E-state index >= 15 is 0 Å². The van der Waals surface area contributed by atoms with Crippen LogP contribution in [0.4, 0.5) is 4.39 Å². The van der Waals surface area contributed by atoms with Crippen LogP contribution in [-0.4, -0.2) is 46.7 Å². The van der Waals surface area contributed by atoms with Gasteiger partial charge < -0.3 is 14.9 Å². The van der Waals surface area contributed by atoms with Gasteiger partial charge in [-0.25, -0.2) is 4.39 Å². The second-order valence-electron chi connectivity index (χ2n) is 5.22. The summed E-state index contributed by atoms with van der Waals surface area (Å²) in [7, 11) is 3.56. The van der Waals surface area contributed by atoms with Gasteiger partial charge in [-0.2, -0.15) is 4.98 Å². The van der Waals surface area contributed by atoms with Gasteiger partial charge in [-0.3, -0.25) is 9.69 Å². The maximum Gasteiger partial charge on any atom is 0.252 e. The molecule has 23 heavy (non-hydrogen) atoms. The number of carbonyl (C=O) groups is 1. The van der Waals surface area contributed by atoms with E-state index in [0.717, 1.165) is 0 Å². The normalized spacial score (nSPS) is 12.4. The Morgan fingerprint density at radius 1 is 1.39 bits per heavy atom. The number of nitrogens with zero attached hydrogens (tertiary/aromatic N) is 3. The summed E-state index contributed by atoms with van der Waals surface area (Å²) < 4.78 is 17.8. The minimum Gasteiger partial charge on any atom is -0.387 e. The lowest BCUT2D eigenvalue weighted by atomic mass is 10.1. The van der Waals surface area contributed by atoms with Gasteiger partial charge in [0, 0.05) is 13.0 Å². The first-order chi connectivity index (χ1) is 11.0. The van der Waals surface area contributed by atoms with Crippen molar-refractivity contribution in [1.82, 2.24) is 20.4 Å². The summed E-state index contributed by atoms with van der Waals surface area (Å²) in [5.74, 6) is 0.0114. The van der Waals surface area contributed by atoms with Crippen molar-refractivity contribution in [2.45, 2.75) is 19.1 Å². The van der Waals surface area contributed by atoms with E-state index in [1.54, 1.807) is 31.1 Å². The Morgan fingerprint density at radius 2 is 2.09 bits per heavy atom. The van der Waals surface area contributed by atoms with Gasteiger partial charge in [-0.05, 0) is 31.8 Å². The third-order valence-corrected chi connectivity index (χ3v) is 3.24. The molecule has 2 aromatic rings. The first-order valence-corrected chi connectivity index (χ1v) is 7.13. The predicted molar refractivity (Wildman–Crippen MR) is 79.8 cm³/mol. The molecular weight excluding hydrogens is 303 g/mol. The molecule has 7 nitrogen and oxygen atoms in total. The highest BCUT2D eigenvalue weighted by Gasteiger charge is 2.22. The average molecular weight is 322 g/mol. The molecule has 1 amide bonds. The van der Waals surface area contributed by atoms with Crippen LogP contribution in [0, 0.1) is 5.82 Å². The summed E-state index contributed by atoms with van der Waals surface area (Å²) in [6.07, 6.45) is 0.388. The van der Waals surface area contributed by atoms with Crippen LogP contribution in [0.1, 0.15) is 23.3 Å². The number of aliphatic hydroxyl groups excluding tert-OH is 1. The molecule has 0 spiro atoms. The van der Waals surface area contributed by atoms with Crippen LogP contribution in [0.15, 0.2) is 28.8 Å². The molecule has 0 saturated heterocycles. The van der Waals surface area contributed by atoms with Crippen molar-refractivity contribution >= 4 is 5.91 Å². The highest BCUT2D eigenvalue weighted by atomic mass is 19.1. The third-order valence-electron chi connectivity index (χ3n) is 3.24. The van der Waals surface area contributed by atoms with Gasteiger partial charge in [-0.1, -0.05) is 17.3 Å². The van der Waals surface area contributed by atoms with E-state index < -0.39 is 6.04 Å². The van der Waals surface area contributed by atoms with Gasteiger partial charge in [0.2, 0.25) is 5.91 Å². The molecule has 0 aliphatic heterocycles. The van der Waals surface area contributed by atoms with Crippen LogP contribution in [0.5, 0.6) is 0 Å². The van der Waals surface area contributed by atoms with E-state index in [4.69, 9.17) is 9.63 Å². The topological polar surface area (TPSA) is 91.5 Å². The van der Waals surface area contributed by atoms with Crippen molar-refractivity contribution in [3.05, 3.63) is 47.4 Å². The highest BCUT2D eigenvalue weighted by molar-refractivity contribution is 5.83. The number of aromatic nitrogens is 2. The fraction of sp³-hybridized carbons (Fsp3) is 0.400. The quantitative estimate of drug-likeness (QED) is 0.778. The first-order valence-electron chi connectivity index (χ1n) is 7.13. The summed E-state index contributed by atoms with van der Waals surface area (Å²) >= 11 is 0. The fourth-order valence-corrected chi connectivity index (χ4v) is 2.18. The molecule has 0 aliphatic carbocycles. The lowest BCUT2D eigenvalue weighted by Crippen LogP contribution is -2.38. The molecule has 0 saturated carbocycles. The van der Waals surface area contributed by atoms with Gasteiger partial charge in [0.1, 0.15) is 18.5 Å². The van der Waals surface area contributed by atoms with E-state index in [-0.39, 0.29) is 24.2 Å². The molecule has 2 rings (SSSR count). The number of hydrogen-bond acceptors (Lipinski definition) is 6. The second-order valence-corrected chi connectivity index (χ2v) is 5.22. The zero-order valence-corrected chi connectivity index (χ0v) is 13.0. The molecule has 124 valence electrons. The standard InChI is InChI=1S/C15H19FN4O3/c1-20(2)14(10-3-5-11(16)6-4-10)15(22)17-8-7-12-18-13(9-21)23-19-12/h3-6,14,21H,7-9H2,1-2H3,(H,17,22). The Morgan fingerprint density at radius 3 is 2.65 bits per heavy atom. The van der Waals surface area contributed by atoms with Crippen LogP contribution in [0.2, 0.25) is 0 Å². The Balaban J connectivity index is 1.94. The van der Waals surface area contributed by atoms with Gasteiger partial charge in [0.25, 0.3) is 5.89 Å². The van der Waals surface area contributed by atoms with E-state index in [0.29, 0.717) is 24.4 Å². The fourth-order valence-electron chi connectivity index (χ4n) is 2.18. The van der Waals surface area contributed by atoms with Crippen LogP contribution < -0.4 is 5.32 Å².